The minimum atomic E-state index is 0.132. The average Bonchev–Trinajstić information content (AvgIpc) is 3.17. The second-order valence-electron chi connectivity index (χ2n) is 10.6. The third-order valence-corrected chi connectivity index (χ3v) is 8.62. The highest BCUT2D eigenvalue weighted by molar-refractivity contribution is 5.94. The van der Waals surface area contributed by atoms with Gasteiger partial charge < -0.3 is 4.90 Å². The summed E-state index contributed by atoms with van der Waals surface area (Å²) < 4.78 is 0. The molecule has 2 aliphatic heterocycles. The van der Waals surface area contributed by atoms with Gasteiger partial charge in [0.1, 0.15) is 0 Å². The van der Waals surface area contributed by atoms with Crippen LogP contribution in [0, 0.1) is 5.92 Å². The van der Waals surface area contributed by atoms with Gasteiger partial charge in [-0.25, -0.2) is 0 Å². The molecule has 188 valence electrons. The highest BCUT2D eigenvalue weighted by atomic mass is 16.2. The minimum absolute atomic E-state index is 0.132. The molecule has 0 spiro atoms. The zero-order valence-corrected chi connectivity index (χ0v) is 21.9. The van der Waals surface area contributed by atoms with Crippen LogP contribution in [0.1, 0.15) is 72.5 Å². The maximum absolute atomic E-state index is 12.9. The number of hydrogen-bond donors (Lipinski definition) is 0. The number of amides is 1. The predicted molar refractivity (Wildman–Crippen MR) is 148 cm³/mol. The summed E-state index contributed by atoms with van der Waals surface area (Å²) in [7, 11) is 0. The Morgan fingerprint density at radius 3 is 1.94 bits per heavy atom. The van der Waals surface area contributed by atoms with Gasteiger partial charge in [-0.15, -0.1) is 0 Å². The lowest BCUT2D eigenvalue weighted by molar-refractivity contribution is 0.0773. The van der Waals surface area contributed by atoms with Gasteiger partial charge in [-0.3, -0.25) is 9.69 Å². The summed E-state index contributed by atoms with van der Waals surface area (Å²) in [4.78, 5) is 17.6. The Morgan fingerprint density at radius 2 is 1.36 bits per heavy atom. The van der Waals surface area contributed by atoms with E-state index >= 15 is 0 Å². The number of nitrogens with zero attached hydrogens (tertiary/aromatic N) is 2. The zero-order valence-electron chi connectivity index (χ0n) is 21.9. The minimum Gasteiger partial charge on any atom is -0.339 e. The van der Waals surface area contributed by atoms with Crippen molar-refractivity contribution in [3.63, 3.8) is 0 Å². The van der Waals surface area contributed by atoms with Crippen molar-refractivity contribution in [3.8, 4) is 0 Å². The summed E-state index contributed by atoms with van der Waals surface area (Å²) in [5, 5.41) is 0. The Morgan fingerprint density at radius 1 is 0.806 bits per heavy atom. The van der Waals surface area contributed by atoms with E-state index < -0.39 is 0 Å². The third-order valence-electron chi connectivity index (χ3n) is 8.62. The first kappa shape index (κ1) is 24.8. The number of piperidine rings is 1. The lowest BCUT2D eigenvalue weighted by atomic mass is 9.74. The second-order valence-corrected chi connectivity index (χ2v) is 10.6. The highest BCUT2D eigenvalue weighted by Crippen LogP contribution is 2.46. The van der Waals surface area contributed by atoms with Crippen LogP contribution in [0.4, 0.5) is 0 Å². The fourth-order valence-corrected chi connectivity index (χ4v) is 6.78. The van der Waals surface area contributed by atoms with Gasteiger partial charge in [0.25, 0.3) is 5.91 Å². The molecule has 2 fully saturated rings. The van der Waals surface area contributed by atoms with Crippen LogP contribution >= 0.6 is 0 Å². The molecule has 0 saturated carbocycles. The molecule has 0 N–H and O–H groups in total. The van der Waals surface area contributed by atoms with E-state index in [0.29, 0.717) is 23.9 Å². The fourth-order valence-electron chi connectivity index (χ4n) is 6.78. The summed E-state index contributed by atoms with van der Waals surface area (Å²) in [6, 6.07) is 31.9. The van der Waals surface area contributed by atoms with Gasteiger partial charge in [0, 0.05) is 43.2 Å². The first-order chi connectivity index (χ1) is 17.7. The standard InChI is InChI=1S/C33H40N2O/c1-3-34(4-2)33(36)28-17-15-27(16-18-28)32(26-13-9-6-10-14-26)29-23-30-19-20-31(24-29)35(30)22-21-25-11-7-5-8-12-25/h5-18,29-32H,3-4,19-24H2,1-2H3/t29?,30-,31+,32?. The van der Waals surface area contributed by atoms with E-state index in [0.717, 1.165) is 25.1 Å². The smallest absolute Gasteiger partial charge is 0.253 e. The second kappa shape index (κ2) is 11.4. The van der Waals surface area contributed by atoms with Crippen LogP contribution in [0.5, 0.6) is 0 Å². The summed E-state index contributed by atoms with van der Waals surface area (Å²) in [5.41, 5.74) is 4.99. The molecular weight excluding hydrogens is 440 g/mol. The van der Waals surface area contributed by atoms with Gasteiger partial charge in [-0.1, -0.05) is 72.8 Å². The van der Waals surface area contributed by atoms with Gasteiger partial charge in [-0.2, -0.15) is 0 Å². The molecule has 2 unspecified atom stereocenters. The van der Waals surface area contributed by atoms with Crippen molar-refractivity contribution in [1.29, 1.82) is 0 Å². The van der Waals surface area contributed by atoms with E-state index in [1.165, 1.54) is 48.9 Å². The lowest BCUT2D eigenvalue weighted by Gasteiger charge is -2.42. The summed E-state index contributed by atoms with van der Waals surface area (Å²) in [6.45, 7) is 6.75. The molecule has 2 saturated heterocycles. The Kier molecular flexibility index (Phi) is 7.87. The van der Waals surface area contributed by atoms with Crippen molar-refractivity contribution in [1.82, 2.24) is 9.80 Å². The van der Waals surface area contributed by atoms with Crippen molar-refractivity contribution in [3.05, 3.63) is 107 Å². The molecule has 2 bridgehead atoms. The maximum atomic E-state index is 12.9. The van der Waals surface area contributed by atoms with Gasteiger partial charge in [0.15, 0.2) is 0 Å². The molecule has 36 heavy (non-hydrogen) atoms. The van der Waals surface area contributed by atoms with Crippen LogP contribution < -0.4 is 0 Å². The predicted octanol–water partition coefficient (Wildman–Crippen LogP) is 6.79. The lowest BCUT2D eigenvalue weighted by Crippen LogP contribution is -2.45. The molecule has 2 aliphatic rings. The maximum Gasteiger partial charge on any atom is 0.253 e. The largest absolute Gasteiger partial charge is 0.339 e. The van der Waals surface area contributed by atoms with Crippen LogP contribution in [0.2, 0.25) is 0 Å². The fraction of sp³-hybridized carbons (Fsp3) is 0.424. The van der Waals surface area contributed by atoms with E-state index in [4.69, 9.17) is 0 Å². The van der Waals surface area contributed by atoms with Crippen molar-refractivity contribution >= 4 is 5.91 Å². The molecule has 0 radical (unpaired) electrons. The molecule has 3 aromatic carbocycles. The summed E-state index contributed by atoms with van der Waals surface area (Å²) in [5.74, 6) is 1.14. The normalized spacial score (nSPS) is 22.3. The van der Waals surface area contributed by atoms with E-state index in [9.17, 15) is 4.79 Å². The van der Waals surface area contributed by atoms with E-state index in [2.05, 4.69) is 89.8 Å². The van der Waals surface area contributed by atoms with Crippen LogP contribution in [-0.4, -0.2) is 47.4 Å². The van der Waals surface area contributed by atoms with Gasteiger partial charge in [0.2, 0.25) is 0 Å². The molecule has 4 atom stereocenters. The van der Waals surface area contributed by atoms with E-state index in [1.54, 1.807) is 0 Å². The Labute approximate surface area is 217 Å². The van der Waals surface area contributed by atoms with Crippen molar-refractivity contribution < 1.29 is 4.79 Å². The van der Waals surface area contributed by atoms with Crippen molar-refractivity contribution in [2.45, 2.75) is 64.0 Å². The van der Waals surface area contributed by atoms with Crippen LogP contribution in [-0.2, 0) is 6.42 Å². The number of rotatable bonds is 9. The first-order valence-electron chi connectivity index (χ1n) is 13.9. The summed E-state index contributed by atoms with van der Waals surface area (Å²) >= 11 is 0. The SMILES string of the molecule is CCN(CC)C(=O)c1ccc(C(c2ccccc2)C2C[C@H]3CC[C@@H](C2)N3CCc2ccccc2)cc1. The van der Waals surface area contributed by atoms with Gasteiger partial charge >= 0.3 is 0 Å². The number of fused-ring (bicyclic) bond motifs is 2. The van der Waals surface area contributed by atoms with Crippen LogP contribution in [0.3, 0.4) is 0 Å². The van der Waals surface area contributed by atoms with E-state index in [1.807, 2.05) is 18.7 Å². The molecule has 3 aromatic rings. The topological polar surface area (TPSA) is 23.6 Å². The summed E-state index contributed by atoms with van der Waals surface area (Å²) in [6.07, 6.45) is 6.31. The van der Waals surface area contributed by atoms with Gasteiger partial charge in [0.05, 0.1) is 0 Å². The Balaban J connectivity index is 1.35. The zero-order chi connectivity index (χ0) is 24.9. The average molecular weight is 481 g/mol. The van der Waals surface area contributed by atoms with Crippen LogP contribution in [0.15, 0.2) is 84.9 Å². The van der Waals surface area contributed by atoms with E-state index in [-0.39, 0.29) is 5.91 Å². The van der Waals surface area contributed by atoms with Gasteiger partial charge in [-0.05, 0) is 80.7 Å². The third kappa shape index (κ3) is 5.27. The monoisotopic (exact) mass is 480 g/mol. The Hall–Kier alpha value is -2.91. The molecule has 1 amide bonds. The molecule has 3 nitrogen and oxygen atoms in total. The number of carbonyl (C=O) groups excluding carboxylic acids is 1. The first-order valence-corrected chi connectivity index (χ1v) is 13.9. The molecule has 2 heterocycles. The van der Waals surface area contributed by atoms with Crippen molar-refractivity contribution in [2.24, 2.45) is 5.92 Å². The number of carbonyl (C=O) groups is 1. The van der Waals surface area contributed by atoms with Crippen molar-refractivity contribution in [2.75, 3.05) is 19.6 Å². The Bertz CT molecular complexity index is 1090. The molecule has 0 aromatic heterocycles. The molecule has 5 rings (SSSR count). The molecular formula is C33H40N2O. The number of benzene rings is 3. The molecule has 0 aliphatic carbocycles. The van der Waals surface area contributed by atoms with Crippen LogP contribution in [0.25, 0.3) is 0 Å². The quantitative estimate of drug-likeness (QED) is 0.337. The molecule has 3 heteroatoms. The highest BCUT2D eigenvalue weighted by Gasteiger charge is 2.43. The number of hydrogen-bond acceptors (Lipinski definition) is 2.